The van der Waals surface area contributed by atoms with Crippen molar-refractivity contribution in [3.8, 4) is 0 Å². The summed E-state index contributed by atoms with van der Waals surface area (Å²) in [4.78, 5) is 7.78. The number of aromatic amines is 1. The Morgan fingerprint density at radius 3 is 2.60 bits per heavy atom. The van der Waals surface area contributed by atoms with Crippen molar-refractivity contribution < 1.29 is 0 Å². The Bertz CT molecular complexity index is 650. The van der Waals surface area contributed by atoms with Crippen LogP contribution >= 0.6 is 0 Å². The number of para-hydroxylation sites is 2. The average molecular weight is 265 g/mol. The lowest BCUT2D eigenvalue weighted by atomic mass is 10.1. The second kappa shape index (κ2) is 5.78. The number of aromatic nitrogens is 2. The van der Waals surface area contributed by atoms with Crippen LogP contribution in [0.5, 0.6) is 0 Å². The topological polar surface area (TPSA) is 40.7 Å². The first-order valence-corrected chi connectivity index (χ1v) is 7.16. The van der Waals surface area contributed by atoms with Crippen LogP contribution in [0.15, 0.2) is 48.5 Å². The molecule has 0 aliphatic heterocycles. The van der Waals surface area contributed by atoms with Crippen LogP contribution in [-0.4, -0.2) is 9.97 Å². The number of fused-ring (bicyclic) bond motifs is 1. The molecule has 0 bridgehead atoms. The fraction of sp³-hybridized carbons (Fsp3) is 0.235. The van der Waals surface area contributed by atoms with Gasteiger partial charge in [0.25, 0.3) is 0 Å². The summed E-state index contributed by atoms with van der Waals surface area (Å²) in [6.07, 6.45) is 3.64. The normalized spacial score (nSPS) is 10.8. The maximum absolute atomic E-state index is 4.51. The number of benzene rings is 2. The SMILES string of the molecule is CCCCc1ccc(Nc2nc3ccccc3[nH]2)cc1. The molecule has 3 rings (SSSR count). The maximum atomic E-state index is 4.51. The minimum Gasteiger partial charge on any atom is -0.326 e. The minimum atomic E-state index is 0.785. The highest BCUT2D eigenvalue weighted by Gasteiger charge is 2.02. The third-order valence-corrected chi connectivity index (χ3v) is 3.43. The zero-order chi connectivity index (χ0) is 13.8. The van der Waals surface area contributed by atoms with Crippen LogP contribution in [0.2, 0.25) is 0 Å². The van der Waals surface area contributed by atoms with Crippen LogP contribution in [0.25, 0.3) is 11.0 Å². The first-order chi connectivity index (χ1) is 9.85. The van der Waals surface area contributed by atoms with E-state index in [9.17, 15) is 0 Å². The van der Waals surface area contributed by atoms with Gasteiger partial charge in [-0.15, -0.1) is 0 Å². The van der Waals surface area contributed by atoms with Crippen LogP contribution in [0.1, 0.15) is 25.3 Å². The third kappa shape index (κ3) is 2.82. The lowest BCUT2D eigenvalue weighted by Crippen LogP contribution is -1.92. The Labute approximate surface area is 119 Å². The van der Waals surface area contributed by atoms with Crippen LogP contribution in [0.4, 0.5) is 11.6 Å². The van der Waals surface area contributed by atoms with E-state index in [2.05, 4.69) is 46.5 Å². The molecule has 0 atom stereocenters. The summed E-state index contributed by atoms with van der Waals surface area (Å²) in [6.45, 7) is 2.22. The molecule has 0 amide bonds. The summed E-state index contributed by atoms with van der Waals surface area (Å²) in [6, 6.07) is 16.6. The fourth-order valence-corrected chi connectivity index (χ4v) is 2.28. The summed E-state index contributed by atoms with van der Waals surface area (Å²) in [7, 11) is 0. The Hall–Kier alpha value is -2.29. The van der Waals surface area contributed by atoms with E-state index in [0.29, 0.717) is 0 Å². The van der Waals surface area contributed by atoms with E-state index in [1.54, 1.807) is 0 Å². The molecule has 0 radical (unpaired) electrons. The van der Waals surface area contributed by atoms with Crippen LogP contribution in [0.3, 0.4) is 0 Å². The maximum Gasteiger partial charge on any atom is 0.205 e. The van der Waals surface area contributed by atoms with Gasteiger partial charge in [0.05, 0.1) is 11.0 Å². The molecule has 0 aliphatic rings. The number of nitrogens with one attached hydrogen (secondary N) is 2. The Morgan fingerprint density at radius 1 is 1.05 bits per heavy atom. The monoisotopic (exact) mass is 265 g/mol. The number of hydrogen-bond acceptors (Lipinski definition) is 2. The molecule has 0 saturated carbocycles. The Morgan fingerprint density at radius 2 is 1.85 bits per heavy atom. The molecule has 0 unspecified atom stereocenters. The number of anilines is 2. The van der Waals surface area contributed by atoms with Crippen molar-refractivity contribution in [1.82, 2.24) is 9.97 Å². The van der Waals surface area contributed by atoms with Crippen molar-refractivity contribution in [1.29, 1.82) is 0 Å². The molecule has 20 heavy (non-hydrogen) atoms. The quantitative estimate of drug-likeness (QED) is 0.705. The summed E-state index contributed by atoms with van der Waals surface area (Å²) < 4.78 is 0. The number of unbranched alkanes of at least 4 members (excludes halogenated alkanes) is 1. The van der Waals surface area contributed by atoms with Crippen LogP contribution < -0.4 is 5.32 Å². The van der Waals surface area contributed by atoms with Crippen molar-refractivity contribution in [2.45, 2.75) is 26.2 Å². The lowest BCUT2D eigenvalue weighted by molar-refractivity contribution is 0.795. The molecule has 2 aromatic carbocycles. The first-order valence-electron chi connectivity index (χ1n) is 7.16. The molecular formula is C17H19N3. The molecule has 0 aliphatic carbocycles. The standard InChI is InChI=1S/C17H19N3/c1-2-3-6-13-9-11-14(12-10-13)18-17-19-15-7-4-5-8-16(15)20-17/h4-5,7-12H,2-3,6H2,1H3,(H2,18,19,20). The van der Waals surface area contributed by atoms with E-state index in [4.69, 9.17) is 0 Å². The molecule has 3 nitrogen and oxygen atoms in total. The first kappa shape index (κ1) is 12.7. The zero-order valence-corrected chi connectivity index (χ0v) is 11.7. The van der Waals surface area contributed by atoms with Gasteiger partial charge in [0.1, 0.15) is 0 Å². The largest absolute Gasteiger partial charge is 0.326 e. The molecule has 0 saturated heterocycles. The van der Waals surface area contributed by atoms with Crippen molar-refractivity contribution >= 4 is 22.7 Å². The van der Waals surface area contributed by atoms with Gasteiger partial charge in [0.2, 0.25) is 5.95 Å². The van der Waals surface area contributed by atoms with Crippen molar-refractivity contribution in [2.24, 2.45) is 0 Å². The van der Waals surface area contributed by atoms with Gasteiger partial charge in [-0.3, -0.25) is 0 Å². The lowest BCUT2D eigenvalue weighted by Gasteiger charge is -2.04. The molecule has 102 valence electrons. The molecule has 3 aromatic rings. The highest BCUT2D eigenvalue weighted by Crippen LogP contribution is 2.18. The minimum absolute atomic E-state index is 0.785. The predicted molar refractivity (Wildman–Crippen MR) is 84.4 cm³/mol. The number of hydrogen-bond donors (Lipinski definition) is 2. The van der Waals surface area contributed by atoms with Gasteiger partial charge in [-0.25, -0.2) is 4.98 Å². The number of rotatable bonds is 5. The third-order valence-electron chi connectivity index (χ3n) is 3.43. The van der Waals surface area contributed by atoms with Crippen LogP contribution in [0, 0.1) is 0 Å². The Balaban J connectivity index is 1.73. The molecule has 2 N–H and O–H groups in total. The highest BCUT2D eigenvalue weighted by molar-refractivity contribution is 5.78. The molecule has 0 spiro atoms. The fourth-order valence-electron chi connectivity index (χ4n) is 2.28. The predicted octanol–water partition coefficient (Wildman–Crippen LogP) is 4.65. The smallest absolute Gasteiger partial charge is 0.205 e. The summed E-state index contributed by atoms with van der Waals surface area (Å²) in [5.74, 6) is 0.785. The van der Waals surface area contributed by atoms with E-state index in [-0.39, 0.29) is 0 Å². The van der Waals surface area contributed by atoms with Gasteiger partial charge in [-0.1, -0.05) is 37.6 Å². The van der Waals surface area contributed by atoms with Crippen molar-refractivity contribution in [3.63, 3.8) is 0 Å². The van der Waals surface area contributed by atoms with Gasteiger partial charge >= 0.3 is 0 Å². The molecule has 1 aromatic heterocycles. The molecule has 0 fully saturated rings. The zero-order valence-electron chi connectivity index (χ0n) is 11.7. The number of imidazole rings is 1. The van der Waals surface area contributed by atoms with Gasteiger partial charge in [-0.05, 0) is 42.7 Å². The van der Waals surface area contributed by atoms with Crippen molar-refractivity contribution in [2.75, 3.05) is 5.32 Å². The molecule has 1 heterocycles. The van der Waals surface area contributed by atoms with E-state index in [0.717, 1.165) is 29.1 Å². The van der Waals surface area contributed by atoms with Gasteiger partial charge in [0.15, 0.2) is 0 Å². The molecule has 3 heteroatoms. The van der Waals surface area contributed by atoms with E-state index in [1.165, 1.54) is 18.4 Å². The van der Waals surface area contributed by atoms with Gasteiger partial charge in [0, 0.05) is 5.69 Å². The second-order valence-corrected chi connectivity index (χ2v) is 5.03. The summed E-state index contributed by atoms with van der Waals surface area (Å²) in [5.41, 5.74) is 4.48. The van der Waals surface area contributed by atoms with E-state index in [1.807, 2.05) is 24.3 Å². The summed E-state index contributed by atoms with van der Waals surface area (Å²) >= 11 is 0. The number of aryl methyl sites for hydroxylation is 1. The van der Waals surface area contributed by atoms with E-state index >= 15 is 0 Å². The van der Waals surface area contributed by atoms with Crippen molar-refractivity contribution in [3.05, 3.63) is 54.1 Å². The summed E-state index contributed by atoms with van der Waals surface area (Å²) in [5, 5.41) is 3.31. The molecular weight excluding hydrogens is 246 g/mol. The Kier molecular flexibility index (Phi) is 3.68. The highest BCUT2D eigenvalue weighted by atomic mass is 15.1. The number of H-pyrrole nitrogens is 1. The second-order valence-electron chi connectivity index (χ2n) is 5.03. The van der Waals surface area contributed by atoms with Crippen LogP contribution in [-0.2, 0) is 6.42 Å². The average Bonchev–Trinajstić information content (AvgIpc) is 2.89. The van der Waals surface area contributed by atoms with E-state index < -0.39 is 0 Å². The van der Waals surface area contributed by atoms with Gasteiger partial charge < -0.3 is 10.3 Å². The van der Waals surface area contributed by atoms with Gasteiger partial charge in [-0.2, -0.15) is 0 Å². The number of nitrogens with zero attached hydrogens (tertiary/aromatic N) is 1.